The minimum absolute atomic E-state index is 0.0810. The zero-order chi connectivity index (χ0) is 13.0. The van der Waals surface area contributed by atoms with Crippen LogP contribution in [0.15, 0.2) is 12.3 Å². The number of carboxylic acid groups (broad SMARTS) is 1. The van der Waals surface area contributed by atoms with E-state index in [0.29, 0.717) is 18.4 Å². The summed E-state index contributed by atoms with van der Waals surface area (Å²) in [6.45, 7) is 0.615. The van der Waals surface area contributed by atoms with Crippen LogP contribution in [0.5, 0.6) is 5.88 Å². The summed E-state index contributed by atoms with van der Waals surface area (Å²) < 4.78 is 5.58. The van der Waals surface area contributed by atoms with E-state index in [1.54, 1.807) is 0 Å². The number of nitrogen functional groups attached to an aromatic ring is 1. The lowest BCUT2D eigenvalue weighted by molar-refractivity contribution is 0.0696. The van der Waals surface area contributed by atoms with Crippen LogP contribution in [0, 0.1) is 5.92 Å². The third-order valence-corrected chi connectivity index (χ3v) is 3.31. The number of nitrogens with two attached hydrogens (primary N) is 1. The number of hydrogen-bond acceptors (Lipinski definition) is 4. The summed E-state index contributed by atoms with van der Waals surface area (Å²) in [6, 6.07) is 1.38. The van der Waals surface area contributed by atoms with Gasteiger partial charge in [0.05, 0.1) is 17.9 Å². The molecule has 2 rings (SSSR count). The molecule has 0 bridgehead atoms. The predicted octanol–water partition coefficient (Wildman–Crippen LogP) is 2.32. The summed E-state index contributed by atoms with van der Waals surface area (Å²) in [5.74, 6) is -0.127. The number of nitrogens with zero attached hydrogens (tertiary/aromatic N) is 1. The molecule has 0 saturated heterocycles. The summed E-state index contributed by atoms with van der Waals surface area (Å²) >= 11 is 0. The Balaban J connectivity index is 1.94. The second-order valence-electron chi connectivity index (χ2n) is 4.74. The molecule has 18 heavy (non-hydrogen) atoms. The maximum Gasteiger partial charge on any atom is 0.337 e. The van der Waals surface area contributed by atoms with Crippen LogP contribution in [0.25, 0.3) is 0 Å². The number of ether oxygens (including phenoxy) is 1. The normalized spacial score (nSPS) is 16.4. The highest BCUT2D eigenvalue weighted by molar-refractivity contribution is 5.88. The number of aromatic carboxylic acids is 1. The van der Waals surface area contributed by atoms with Crippen molar-refractivity contribution in [2.75, 3.05) is 12.3 Å². The predicted molar refractivity (Wildman–Crippen MR) is 67.7 cm³/mol. The molecule has 1 fully saturated rings. The highest BCUT2D eigenvalue weighted by Gasteiger charge is 2.15. The standard InChI is InChI=1S/C13H18N2O3/c14-11-6-10(13(16)17)7-15-12(11)18-8-9-4-2-1-3-5-9/h6-7,9H,1-5,8,14H2,(H,16,17). The first kappa shape index (κ1) is 12.7. The Labute approximate surface area is 106 Å². The van der Waals surface area contributed by atoms with Crippen LogP contribution >= 0.6 is 0 Å². The fraction of sp³-hybridized carbons (Fsp3) is 0.538. The van der Waals surface area contributed by atoms with E-state index in [1.165, 1.54) is 44.4 Å². The van der Waals surface area contributed by atoms with Gasteiger partial charge in [-0.2, -0.15) is 0 Å². The van der Waals surface area contributed by atoms with Gasteiger partial charge < -0.3 is 15.6 Å². The van der Waals surface area contributed by atoms with Gasteiger partial charge in [-0.25, -0.2) is 9.78 Å². The number of pyridine rings is 1. The van der Waals surface area contributed by atoms with Gasteiger partial charge in [-0.15, -0.1) is 0 Å². The van der Waals surface area contributed by atoms with E-state index in [-0.39, 0.29) is 11.3 Å². The molecule has 5 heteroatoms. The van der Waals surface area contributed by atoms with E-state index in [4.69, 9.17) is 15.6 Å². The summed E-state index contributed by atoms with van der Waals surface area (Å²) in [7, 11) is 0. The Morgan fingerprint density at radius 2 is 2.17 bits per heavy atom. The maximum absolute atomic E-state index is 10.7. The van der Waals surface area contributed by atoms with E-state index in [9.17, 15) is 4.79 Å². The minimum Gasteiger partial charge on any atom is -0.478 e. The zero-order valence-electron chi connectivity index (χ0n) is 10.3. The second kappa shape index (κ2) is 5.71. The monoisotopic (exact) mass is 250 g/mol. The van der Waals surface area contributed by atoms with Crippen LogP contribution < -0.4 is 10.5 Å². The lowest BCUT2D eigenvalue weighted by Crippen LogP contribution is -2.16. The molecule has 1 aromatic rings. The van der Waals surface area contributed by atoms with Crippen molar-refractivity contribution in [3.05, 3.63) is 17.8 Å². The van der Waals surface area contributed by atoms with Gasteiger partial charge in [-0.05, 0) is 24.8 Å². The Morgan fingerprint density at radius 3 is 2.78 bits per heavy atom. The fourth-order valence-electron chi connectivity index (χ4n) is 2.26. The molecule has 0 amide bonds. The number of anilines is 1. The number of carboxylic acids is 1. The molecule has 0 radical (unpaired) electrons. The minimum atomic E-state index is -1.03. The summed E-state index contributed by atoms with van der Waals surface area (Å²) in [5, 5.41) is 8.80. The van der Waals surface area contributed by atoms with Crippen molar-refractivity contribution in [2.45, 2.75) is 32.1 Å². The molecule has 1 saturated carbocycles. The quantitative estimate of drug-likeness (QED) is 0.856. The van der Waals surface area contributed by atoms with Crippen molar-refractivity contribution >= 4 is 11.7 Å². The van der Waals surface area contributed by atoms with Gasteiger partial charge in [0.2, 0.25) is 5.88 Å². The summed E-state index contributed by atoms with van der Waals surface area (Å²) in [4.78, 5) is 14.7. The SMILES string of the molecule is Nc1cc(C(=O)O)cnc1OCC1CCCCC1. The molecule has 1 aromatic heterocycles. The van der Waals surface area contributed by atoms with Gasteiger partial charge in [-0.3, -0.25) is 0 Å². The number of aromatic nitrogens is 1. The van der Waals surface area contributed by atoms with Gasteiger partial charge in [-0.1, -0.05) is 19.3 Å². The van der Waals surface area contributed by atoms with Gasteiger partial charge in [0.15, 0.2) is 0 Å². The molecule has 0 aliphatic heterocycles. The number of rotatable bonds is 4. The summed E-state index contributed by atoms with van der Waals surface area (Å²) in [5.41, 5.74) is 6.09. The number of hydrogen-bond donors (Lipinski definition) is 2. The Bertz CT molecular complexity index is 428. The average Bonchev–Trinajstić information content (AvgIpc) is 2.38. The molecule has 1 heterocycles. The molecule has 0 unspecified atom stereocenters. The molecule has 98 valence electrons. The van der Waals surface area contributed by atoms with E-state index >= 15 is 0 Å². The van der Waals surface area contributed by atoms with E-state index in [2.05, 4.69) is 4.98 Å². The van der Waals surface area contributed by atoms with Crippen LogP contribution in [0.1, 0.15) is 42.5 Å². The van der Waals surface area contributed by atoms with E-state index < -0.39 is 5.97 Å². The van der Waals surface area contributed by atoms with Crippen molar-refractivity contribution in [1.29, 1.82) is 0 Å². The topological polar surface area (TPSA) is 85.4 Å². The molecular formula is C13H18N2O3. The Morgan fingerprint density at radius 1 is 1.44 bits per heavy atom. The first-order chi connectivity index (χ1) is 8.66. The zero-order valence-corrected chi connectivity index (χ0v) is 10.3. The third kappa shape index (κ3) is 3.12. The lowest BCUT2D eigenvalue weighted by atomic mass is 9.90. The van der Waals surface area contributed by atoms with E-state index in [0.717, 1.165) is 0 Å². The Kier molecular flexibility index (Phi) is 4.02. The van der Waals surface area contributed by atoms with Crippen LogP contribution in [0.4, 0.5) is 5.69 Å². The third-order valence-electron chi connectivity index (χ3n) is 3.31. The highest BCUT2D eigenvalue weighted by atomic mass is 16.5. The van der Waals surface area contributed by atoms with Crippen molar-refractivity contribution < 1.29 is 14.6 Å². The largest absolute Gasteiger partial charge is 0.478 e. The Hall–Kier alpha value is -1.78. The molecule has 0 atom stereocenters. The first-order valence-corrected chi connectivity index (χ1v) is 6.28. The highest BCUT2D eigenvalue weighted by Crippen LogP contribution is 2.26. The molecule has 3 N–H and O–H groups in total. The van der Waals surface area contributed by atoms with Crippen LogP contribution in [-0.2, 0) is 0 Å². The fourth-order valence-corrected chi connectivity index (χ4v) is 2.26. The van der Waals surface area contributed by atoms with Crippen molar-refractivity contribution in [2.24, 2.45) is 5.92 Å². The van der Waals surface area contributed by atoms with Gasteiger partial charge in [0, 0.05) is 6.20 Å². The lowest BCUT2D eigenvalue weighted by Gasteiger charge is -2.21. The van der Waals surface area contributed by atoms with Crippen molar-refractivity contribution in [1.82, 2.24) is 4.98 Å². The first-order valence-electron chi connectivity index (χ1n) is 6.28. The molecule has 0 aromatic carbocycles. The molecule has 0 spiro atoms. The van der Waals surface area contributed by atoms with Crippen molar-refractivity contribution in [3.8, 4) is 5.88 Å². The molecule has 1 aliphatic rings. The second-order valence-corrected chi connectivity index (χ2v) is 4.74. The smallest absolute Gasteiger partial charge is 0.337 e. The number of carbonyl (C=O) groups is 1. The van der Waals surface area contributed by atoms with E-state index in [1.807, 2.05) is 0 Å². The molecule has 5 nitrogen and oxygen atoms in total. The van der Waals surface area contributed by atoms with Gasteiger partial charge in [0.25, 0.3) is 0 Å². The summed E-state index contributed by atoms with van der Waals surface area (Å²) in [6.07, 6.45) is 7.48. The average molecular weight is 250 g/mol. The van der Waals surface area contributed by atoms with Crippen molar-refractivity contribution in [3.63, 3.8) is 0 Å². The molecular weight excluding hydrogens is 232 g/mol. The van der Waals surface area contributed by atoms with Gasteiger partial charge in [0.1, 0.15) is 0 Å². The van der Waals surface area contributed by atoms with Crippen LogP contribution in [0.3, 0.4) is 0 Å². The van der Waals surface area contributed by atoms with Crippen LogP contribution in [-0.4, -0.2) is 22.7 Å². The van der Waals surface area contributed by atoms with Crippen LogP contribution in [0.2, 0.25) is 0 Å². The maximum atomic E-state index is 10.7. The molecule has 1 aliphatic carbocycles. The van der Waals surface area contributed by atoms with Gasteiger partial charge >= 0.3 is 5.97 Å².